The lowest BCUT2D eigenvalue weighted by Gasteiger charge is -2.12. The molecule has 1 heterocycles. The zero-order valence-corrected chi connectivity index (χ0v) is 9.66. The van der Waals surface area contributed by atoms with Crippen LogP contribution in [0.25, 0.3) is 0 Å². The first-order valence-electron chi connectivity index (χ1n) is 4.74. The van der Waals surface area contributed by atoms with Crippen LogP contribution in [0.1, 0.15) is 18.6 Å². The minimum Gasteiger partial charge on any atom is -0.371 e. The second kappa shape index (κ2) is 4.43. The fourth-order valence-corrected chi connectivity index (χ4v) is 1.51. The second-order valence-corrected chi connectivity index (χ2v) is 4.40. The summed E-state index contributed by atoms with van der Waals surface area (Å²) in [5.74, 6) is 0. The van der Waals surface area contributed by atoms with E-state index in [9.17, 15) is 0 Å². The van der Waals surface area contributed by atoms with Gasteiger partial charge in [0.1, 0.15) is 6.10 Å². The molecule has 76 valence electrons. The lowest BCUT2D eigenvalue weighted by Crippen LogP contribution is -2.05. The Morgan fingerprint density at radius 2 is 2.14 bits per heavy atom. The van der Waals surface area contributed by atoms with E-state index in [0.29, 0.717) is 12.7 Å². The second-order valence-electron chi connectivity index (χ2n) is 3.48. The summed E-state index contributed by atoms with van der Waals surface area (Å²) < 4.78 is 11.8. The van der Waals surface area contributed by atoms with Crippen molar-refractivity contribution in [3.63, 3.8) is 0 Å². The monoisotopic (exact) mass is 256 g/mol. The molecule has 1 fully saturated rings. The molecular formula is C11H13BrO2. The normalized spacial score (nSPS) is 22.0. The maximum absolute atomic E-state index is 5.65. The number of halogens is 1. The van der Waals surface area contributed by atoms with Gasteiger partial charge in [-0.2, -0.15) is 0 Å². The molecule has 2 atom stereocenters. The van der Waals surface area contributed by atoms with Crippen molar-refractivity contribution in [1.29, 1.82) is 0 Å². The highest BCUT2D eigenvalue weighted by atomic mass is 79.9. The highest BCUT2D eigenvalue weighted by Crippen LogP contribution is 2.21. The Kier molecular flexibility index (Phi) is 3.21. The summed E-state index contributed by atoms with van der Waals surface area (Å²) in [5.41, 5.74) is 1.20. The smallest absolute Gasteiger partial charge is 0.104 e. The third kappa shape index (κ3) is 2.80. The van der Waals surface area contributed by atoms with E-state index < -0.39 is 0 Å². The lowest BCUT2D eigenvalue weighted by molar-refractivity contribution is 0.0540. The summed E-state index contributed by atoms with van der Waals surface area (Å²) >= 11 is 3.41. The van der Waals surface area contributed by atoms with Gasteiger partial charge in [-0.3, -0.25) is 0 Å². The average Bonchev–Trinajstić information content (AvgIpc) is 2.99. The van der Waals surface area contributed by atoms with Crippen molar-refractivity contribution in [3.05, 3.63) is 34.3 Å². The van der Waals surface area contributed by atoms with Gasteiger partial charge in [0.05, 0.1) is 19.3 Å². The average molecular weight is 257 g/mol. The topological polar surface area (TPSA) is 21.8 Å². The van der Waals surface area contributed by atoms with Gasteiger partial charge >= 0.3 is 0 Å². The molecule has 2 nitrogen and oxygen atoms in total. The Balaban J connectivity index is 1.88. The quantitative estimate of drug-likeness (QED) is 0.773. The number of ether oxygens (including phenoxy) is 2. The Bertz CT molecular complexity index is 293. The molecule has 0 amide bonds. The molecule has 0 spiro atoms. The van der Waals surface area contributed by atoms with Crippen LogP contribution in [-0.2, 0) is 9.47 Å². The number of benzene rings is 1. The summed E-state index contributed by atoms with van der Waals surface area (Å²) in [6, 6.07) is 8.21. The van der Waals surface area contributed by atoms with Crippen molar-refractivity contribution in [1.82, 2.24) is 0 Å². The summed E-state index contributed by atoms with van der Waals surface area (Å²) in [5, 5.41) is 0. The van der Waals surface area contributed by atoms with Crippen LogP contribution < -0.4 is 0 Å². The Labute approximate surface area is 92.3 Å². The molecule has 0 bridgehead atoms. The molecule has 0 radical (unpaired) electrons. The van der Waals surface area contributed by atoms with Crippen LogP contribution in [0, 0.1) is 0 Å². The van der Waals surface area contributed by atoms with Gasteiger partial charge in [0.25, 0.3) is 0 Å². The van der Waals surface area contributed by atoms with Crippen molar-refractivity contribution in [2.75, 3.05) is 13.2 Å². The van der Waals surface area contributed by atoms with Crippen LogP contribution in [0.5, 0.6) is 0 Å². The number of hydrogen-bond donors (Lipinski definition) is 0. The van der Waals surface area contributed by atoms with Gasteiger partial charge in [-0.05, 0) is 24.6 Å². The van der Waals surface area contributed by atoms with Gasteiger partial charge in [0.15, 0.2) is 0 Å². The maximum Gasteiger partial charge on any atom is 0.104 e. The molecule has 0 aromatic heterocycles. The molecule has 2 rings (SSSR count). The van der Waals surface area contributed by atoms with Crippen LogP contribution in [-0.4, -0.2) is 19.3 Å². The number of epoxide rings is 1. The first kappa shape index (κ1) is 10.1. The fraction of sp³-hybridized carbons (Fsp3) is 0.455. The van der Waals surface area contributed by atoms with Gasteiger partial charge in [0.2, 0.25) is 0 Å². The Morgan fingerprint density at radius 1 is 1.50 bits per heavy atom. The zero-order chi connectivity index (χ0) is 9.97. The minimum absolute atomic E-state index is 0.146. The molecule has 3 heteroatoms. The molecule has 0 saturated carbocycles. The van der Waals surface area contributed by atoms with Gasteiger partial charge in [-0.1, -0.05) is 28.1 Å². The molecule has 1 aliphatic heterocycles. The lowest BCUT2D eigenvalue weighted by atomic mass is 10.1. The Morgan fingerprint density at radius 3 is 2.71 bits per heavy atom. The number of hydrogen-bond acceptors (Lipinski definition) is 2. The van der Waals surface area contributed by atoms with Crippen molar-refractivity contribution in [3.8, 4) is 0 Å². The van der Waals surface area contributed by atoms with E-state index in [1.54, 1.807) is 0 Å². The molecule has 0 unspecified atom stereocenters. The standard InChI is InChI=1S/C11H13BrO2/c1-8(13-6-11-7-14-11)9-2-4-10(12)5-3-9/h2-5,8,11H,6-7H2,1H3/t8-,11+/m1/s1. The summed E-state index contributed by atoms with van der Waals surface area (Å²) in [4.78, 5) is 0. The van der Waals surface area contributed by atoms with Gasteiger partial charge in [-0.15, -0.1) is 0 Å². The first-order chi connectivity index (χ1) is 6.75. The highest BCUT2D eigenvalue weighted by Gasteiger charge is 2.23. The van der Waals surface area contributed by atoms with Crippen LogP contribution >= 0.6 is 15.9 Å². The Hall–Kier alpha value is -0.380. The van der Waals surface area contributed by atoms with Crippen LogP contribution in [0.4, 0.5) is 0 Å². The van der Waals surface area contributed by atoms with Crippen molar-refractivity contribution >= 4 is 15.9 Å². The minimum atomic E-state index is 0.146. The van der Waals surface area contributed by atoms with Gasteiger partial charge in [-0.25, -0.2) is 0 Å². The van der Waals surface area contributed by atoms with Crippen LogP contribution in [0.3, 0.4) is 0 Å². The molecule has 1 aliphatic rings. The van der Waals surface area contributed by atoms with E-state index in [1.807, 2.05) is 12.1 Å². The van der Waals surface area contributed by atoms with Crippen molar-refractivity contribution < 1.29 is 9.47 Å². The van der Waals surface area contributed by atoms with Gasteiger partial charge < -0.3 is 9.47 Å². The summed E-state index contributed by atoms with van der Waals surface area (Å²) in [6.45, 7) is 3.62. The summed E-state index contributed by atoms with van der Waals surface area (Å²) in [7, 11) is 0. The fourth-order valence-electron chi connectivity index (χ4n) is 1.25. The molecule has 0 aliphatic carbocycles. The van der Waals surface area contributed by atoms with E-state index in [0.717, 1.165) is 11.1 Å². The van der Waals surface area contributed by atoms with E-state index in [4.69, 9.17) is 9.47 Å². The van der Waals surface area contributed by atoms with Crippen molar-refractivity contribution in [2.24, 2.45) is 0 Å². The van der Waals surface area contributed by atoms with E-state index in [-0.39, 0.29) is 6.10 Å². The van der Waals surface area contributed by atoms with Crippen LogP contribution in [0.15, 0.2) is 28.7 Å². The SMILES string of the molecule is C[C@@H](OC[C@H]1CO1)c1ccc(Br)cc1. The van der Waals surface area contributed by atoms with E-state index in [2.05, 4.69) is 35.0 Å². The molecular weight excluding hydrogens is 244 g/mol. The third-order valence-electron chi connectivity index (χ3n) is 2.27. The van der Waals surface area contributed by atoms with Gasteiger partial charge in [0, 0.05) is 4.47 Å². The molecule has 14 heavy (non-hydrogen) atoms. The van der Waals surface area contributed by atoms with Crippen molar-refractivity contribution in [2.45, 2.75) is 19.1 Å². The molecule has 1 aromatic carbocycles. The molecule has 1 aromatic rings. The van der Waals surface area contributed by atoms with E-state index >= 15 is 0 Å². The predicted octanol–water partition coefficient (Wildman–Crippen LogP) is 2.93. The van der Waals surface area contributed by atoms with E-state index in [1.165, 1.54) is 5.56 Å². The summed E-state index contributed by atoms with van der Waals surface area (Å²) in [6.07, 6.45) is 0.486. The molecule has 0 N–H and O–H groups in total. The predicted molar refractivity (Wildman–Crippen MR) is 58.2 cm³/mol. The third-order valence-corrected chi connectivity index (χ3v) is 2.80. The largest absolute Gasteiger partial charge is 0.371 e. The molecule has 1 saturated heterocycles. The number of rotatable bonds is 4. The van der Waals surface area contributed by atoms with Crippen LogP contribution in [0.2, 0.25) is 0 Å². The maximum atomic E-state index is 5.65. The highest BCUT2D eigenvalue weighted by molar-refractivity contribution is 9.10. The first-order valence-corrected chi connectivity index (χ1v) is 5.53. The zero-order valence-electron chi connectivity index (χ0n) is 8.07.